The van der Waals surface area contributed by atoms with Crippen molar-refractivity contribution in [1.29, 1.82) is 0 Å². The lowest BCUT2D eigenvalue weighted by atomic mass is 9.88. The molecule has 0 unspecified atom stereocenters. The first-order valence-corrected chi connectivity index (χ1v) is 6.31. The van der Waals surface area contributed by atoms with Crippen molar-refractivity contribution < 1.29 is 5.11 Å². The van der Waals surface area contributed by atoms with Gasteiger partial charge in [-0.1, -0.05) is 26.8 Å². The zero-order chi connectivity index (χ0) is 12.9. The fourth-order valence-corrected chi connectivity index (χ4v) is 1.73. The van der Waals surface area contributed by atoms with Crippen molar-refractivity contribution in [2.75, 3.05) is 11.9 Å². The smallest absolute Gasteiger partial charge is 0.131 e. The second-order valence-electron chi connectivity index (χ2n) is 5.59. The fourth-order valence-electron chi connectivity index (χ4n) is 1.73. The van der Waals surface area contributed by atoms with Crippen LogP contribution in [0.15, 0.2) is 18.3 Å². The van der Waals surface area contributed by atoms with E-state index in [9.17, 15) is 5.11 Å². The van der Waals surface area contributed by atoms with E-state index >= 15 is 0 Å². The molecule has 0 radical (unpaired) electrons. The van der Waals surface area contributed by atoms with Gasteiger partial charge < -0.3 is 10.4 Å². The molecular weight excluding hydrogens is 212 g/mol. The topological polar surface area (TPSA) is 45.2 Å². The molecule has 0 aliphatic carbocycles. The maximum Gasteiger partial charge on any atom is 0.131 e. The first kappa shape index (κ1) is 14.0. The molecule has 1 aromatic heterocycles. The number of hydrogen-bond acceptors (Lipinski definition) is 3. The number of aliphatic hydroxyl groups excluding tert-OH is 1. The van der Waals surface area contributed by atoms with Crippen molar-refractivity contribution in [3.8, 4) is 0 Å². The Morgan fingerprint density at radius 3 is 2.71 bits per heavy atom. The largest absolute Gasteiger partial charge is 0.388 e. The Morgan fingerprint density at radius 2 is 2.12 bits per heavy atom. The molecule has 3 heteroatoms. The van der Waals surface area contributed by atoms with Gasteiger partial charge >= 0.3 is 0 Å². The van der Waals surface area contributed by atoms with Gasteiger partial charge in [-0.25, -0.2) is 4.98 Å². The predicted octanol–water partition coefficient (Wildman–Crippen LogP) is 3.37. The van der Waals surface area contributed by atoms with Crippen LogP contribution in [0.5, 0.6) is 0 Å². The Morgan fingerprint density at radius 1 is 1.41 bits per heavy atom. The summed E-state index contributed by atoms with van der Waals surface area (Å²) in [5, 5.41) is 13.4. The molecule has 1 heterocycles. The van der Waals surface area contributed by atoms with Gasteiger partial charge in [-0.05, 0) is 31.2 Å². The zero-order valence-corrected chi connectivity index (χ0v) is 11.3. The molecule has 0 bridgehead atoms. The van der Waals surface area contributed by atoms with E-state index in [4.69, 9.17) is 0 Å². The third kappa shape index (κ3) is 4.73. The number of anilines is 1. The van der Waals surface area contributed by atoms with Crippen molar-refractivity contribution in [3.63, 3.8) is 0 Å². The molecule has 0 saturated heterocycles. The van der Waals surface area contributed by atoms with Crippen LogP contribution < -0.4 is 5.32 Å². The molecule has 3 nitrogen and oxygen atoms in total. The zero-order valence-electron chi connectivity index (χ0n) is 11.3. The lowest BCUT2D eigenvalue weighted by Gasteiger charge is -2.21. The number of nitrogens with zero attached hydrogens (tertiary/aromatic N) is 1. The van der Waals surface area contributed by atoms with Crippen LogP contribution in [0.1, 0.15) is 52.2 Å². The second kappa shape index (κ2) is 6.01. The monoisotopic (exact) mass is 236 g/mol. The van der Waals surface area contributed by atoms with Crippen molar-refractivity contribution in [2.45, 2.75) is 46.6 Å². The number of aromatic nitrogens is 1. The van der Waals surface area contributed by atoms with Crippen LogP contribution in [0.3, 0.4) is 0 Å². The van der Waals surface area contributed by atoms with Gasteiger partial charge in [0.05, 0.1) is 6.10 Å². The Bertz CT molecular complexity index is 344. The van der Waals surface area contributed by atoms with Gasteiger partial charge in [0.25, 0.3) is 0 Å². The van der Waals surface area contributed by atoms with E-state index in [0.29, 0.717) is 0 Å². The van der Waals surface area contributed by atoms with Crippen LogP contribution in [0.4, 0.5) is 5.82 Å². The molecule has 0 amide bonds. The lowest BCUT2D eigenvalue weighted by molar-refractivity contribution is 0.148. The highest BCUT2D eigenvalue weighted by atomic mass is 16.3. The minimum absolute atomic E-state index is 0.252. The molecule has 0 aromatic carbocycles. The van der Waals surface area contributed by atoms with E-state index < -0.39 is 6.10 Å². The Labute approximate surface area is 104 Å². The Kier molecular flexibility index (Phi) is 4.94. The van der Waals surface area contributed by atoms with E-state index in [1.807, 2.05) is 19.1 Å². The van der Waals surface area contributed by atoms with Gasteiger partial charge in [0.2, 0.25) is 0 Å². The average Bonchev–Trinajstić information content (AvgIpc) is 2.26. The first-order valence-electron chi connectivity index (χ1n) is 6.31. The Balaban J connectivity index is 2.70. The molecule has 0 saturated carbocycles. The molecule has 96 valence electrons. The van der Waals surface area contributed by atoms with E-state index in [2.05, 4.69) is 31.1 Å². The summed E-state index contributed by atoms with van der Waals surface area (Å²) in [4.78, 5) is 4.26. The van der Waals surface area contributed by atoms with Gasteiger partial charge in [-0.3, -0.25) is 0 Å². The predicted molar refractivity (Wildman–Crippen MR) is 72.0 cm³/mol. The average molecular weight is 236 g/mol. The van der Waals surface area contributed by atoms with Crippen LogP contribution in [0.25, 0.3) is 0 Å². The van der Waals surface area contributed by atoms with Crippen LogP contribution >= 0.6 is 0 Å². The lowest BCUT2D eigenvalue weighted by Crippen LogP contribution is -2.11. The van der Waals surface area contributed by atoms with Gasteiger partial charge in [0.15, 0.2) is 0 Å². The molecule has 0 aliphatic rings. The summed E-state index contributed by atoms with van der Waals surface area (Å²) in [6, 6.07) is 3.81. The molecular formula is C14H24N2O. The molecule has 0 fully saturated rings. The third-order valence-electron chi connectivity index (χ3n) is 2.71. The number of pyridine rings is 1. The van der Waals surface area contributed by atoms with Crippen LogP contribution in [0, 0.1) is 5.41 Å². The third-order valence-corrected chi connectivity index (χ3v) is 2.71. The molecule has 1 aromatic rings. The van der Waals surface area contributed by atoms with Gasteiger partial charge in [-0.2, -0.15) is 0 Å². The maximum atomic E-state index is 10.2. The highest BCUT2D eigenvalue weighted by Gasteiger charge is 2.17. The summed E-state index contributed by atoms with van der Waals surface area (Å²) < 4.78 is 0. The normalized spacial score (nSPS) is 13.5. The molecule has 1 rings (SSSR count). The van der Waals surface area contributed by atoms with Crippen molar-refractivity contribution >= 4 is 5.82 Å². The van der Waals surface area contributed by atoms with E-state index in [1.165, 1.54) is 0 Å². The van der Waals surface area contributed by atoms with Crippen molar-refractivity contribution in [2.24, 2.45) is 5.41 Å². The number of hydrogen-bond donors (Lipinski definition) is 2. The molecule has 1 atom stereocenters. The molecule has 0 spiro atoms. The summed E-state index contributed by atoms with van der Waals surface area (Å²) in [5.74, 6) is 0.802. The fraction of sp³-hybridized carbons (Fsp3) is 0.643. The second-order valence-corrected chi connectivity index (χ2v) is 5.59. The summed E-state index contributed by atoms with van der Waals surface area (Å²) >= 11 is 0. The van der Waals surface area contributed by atoms with Crippen LogP contribution in [-0.4, -0.2) is 16.6 Å². The molecule has 0 aliphatic heterocycles. The minimum atomic E-state index is -0.433. The van der Waals surface area contributed by atoms with Crippen molar-refractivity contribution in [3.05, 3.63) is 23.9 Å². The van der Waals surface area contributed by atoms with Gasteiger partial charge in [-0.15, -0.1) is 0 Å². The highest BCUT2D eigenvalue weighted by molar-refractivity contribution is 5.44. The maximum absolute atomic E-state index is 10.2. The SMILES string of the molecule is CCNc1ncccc1[C@@H](O)CCC(C)(C)C. The summed E-state index contributed by atoms with van der Waals surface area (Å²) in [6.45, 7) is 9.41. The Hall–Kier alpha value is -1.09. The van der Waals surface area contributed by atoms with Crippen molar-refractivity contribution in [1.82, 2.24) is 4.98 Å². The van der Waals surface area contributed by atoms with Gasteiger partial charge in [0, 0.05) is 18.3 Å². The summed E-state index contributed by atoms with van der Waals surface area (Å²) in [7, 11) is 0. The van der Waals surface area contributed by atoms with Gasteiger partial charge in [0.1, 0.15) is 5.82 Å². The highest BCUT2D eigenvalue weighted by Crippen LogP contribution is 2.29. The first-order chi connectivity index (χ1) is 7.94. The summed E-state index contributed by atoms with van der Waals surface area (Å²) in [6.07, 6.45) is 3.08. The van der Waals surface area contributed by atoms with E-state index in [1.54, 1.807) is 6.20 Å². The number of aliphatic hydroxyl groups is 1. The van der Waals surface area contributed by atoms with Crippen LogP contribution in [-0.2, 0) is 0 Å². The molecule has 17 heavy (non-hydrogen) atoms. The summed E-state index contributed by atoms with van der Waals surface area (Å²) in [5.41, 5.74) is 1.15. The number of nitrogens with one attached hydrogen (secondary N) is 1. The molecule has 2 N–H and O–H groups in total. The minimum Gasteiger partial charge on any atom is -0.388 e. The van der Waals surface area contributed by atoms with Crippen LogP contribution in [0.2, 0.25) is 0 Å². The van der Waals surface area contributed by atoms with E-state index in [0.717, 1.165) is 30.8 Å². The number of rotatable bonds is 5. The van der Waals surface area contributed by atoms with E-state index in [-0.39, 0.29) is 5.41 Å². The standard InChI is InChI=1S/C14H24N2O/c1-5-15-13-11(7-6-10-16-13)12(17)8-9-14(2,3)4/h6-7,10,12,17H,5,8-9H2,1-4H3,(H,15,16)/t12-/m0/s1. The quantitative estimate of drug-likeness (QED) is 0.824.